The molecule has 0 fully saturated rings. The quantitative estimate of drug-likeness (QED) is 0.827. The van der Waals surface area contributed by atoms with Crippen LogP contribution in [0.1, 0.15) is 5.56 Å². The van der Waals surface area contributed by atoms with Gasteiger partial charge in [0.2, 0.25) is 0 Å². The van der Waals surface area contributed by atoms with Gasteiger partial charge in [0, 0.05) is 4.70 Å². The van der Waals surface area contributed by atoms with E-state index in [1.165, 1.54) is 17.2 Å². The number of fused-ring (bicyclic) bond motifs is 1. The molecule has 0 saturated carbocycles. The van der Waals surface area contributed by atoms with Crippen molar-refractivity contribution in [3.8, 4) is 0 Å². The van der Waals surface area contributed by atoms with Crippen LogP contribution in [-0.4, -0.2) is 19.1 Å². The maximum absolute atomic E-state index is 11.2. The van der Waals surface area contributed by atoms with Gasteiger partial charge in [-0.1, -0.05) is 18.2 Å². The first-order valence-corrected chi connectivity index (χ1v) is 5.89. The second kappa shape index (κ2) is 4.63. The number of carbonyl (C=O) groups excluding carboxylic acids is 1. The fourth-order valence-electron chi connectivity index (χ4n) is 1.66. The number of ether oxygens (including phenoxy) is 1. The minimum atomic E-state index is -0.581. The third kappa shape index (κ3) is 2.08. The van der Waals surface area contributed by atoms with Gasteiger partial charge in [-0.2, -0.15) is 0 Å². The summed E-state index contributed by atoms with van der Waals surface area (Å²) in [5, 5.41) is 3.22. The lowest BCUT2D eigenvalue weighted by Crippen LogP contribution is -2.33. The highest BCUT2D eigenvalue weighted by molar-refractivity contribution is 7.17. The lowest BCUT2D eigenvalue weighted by molar-refractivity contribution is -0.142. The van der Waals surface area contributed by atoms with Crippen molar-refractivity contribution >= 4 is 27.4 Å². The molecule has 2 rings (SSSR count). The summed E-state index contributed by atoms with van der Waals surface area (Å²) in [7, 11) is 1.36. The molecule has 1 aromatic carbocycles. The lowest BCUT2D eigenvalue weighted by atomic mass is 10.1. The van der Waals surface area contributed by atoms with Gasteiger partial charge >= 0.3 is 5.97 Å². The Hall–Kier alpha value is -1.39. The first kappa shape index (κ1) is 11.1. The van der Waals surface area contributed by atoms with Crippen LogP contribution in [0, 0.1) is 0 Å². The number of benzene rings is 1. The second-order valence-corrected chi connectivity index (χ2v) is 4.50. The summed E-state index contributed by atoms with van der Waals surface area (Å²) < 4.78 is 5.83. The van der Waals surface area contributed by atoms with Gasteiger partial charge < -0.3 is 10.5 Å². The average molecular weight is 235 g/mol. The molecule has 2 aromatic rings. The Morgan fingerprint density at radius 3 is 3.00 bits per heavy atom. The second-order valence-electron chi connectivity index (χ2n) is 3.59. The highest BCUT2D eigenvalue weighted by atomic mass is 32.1. The number of carbonyl (C=O) groups is 1. The molecular weight excluding hydrogens is 222 g/mol. The SMILES string of the molecule is COC(=O)[C@H](N)Cc1csc2ccccc12. The van der Waals surface area contributed by atoms with Crippen molar-refractivity contribution in [2.75, 3.05) is 7.11 Å². The van der Waals surface area contributed by atoms with E-state index in [4.69, 9.17) is 5.73 Å². The number of thiophene rings is 1. The van der Waals surface area contributed by atoms with Gasteiger partial charge in [0.15, 0.2) is 0 Å². The topological polar surface area (TPSA) is 52.3 Å². The van der Waals surface area contributed by atoms with Crippen molar-refractivity contribution in [2.24, 2.45) is 5.73 Å². The Morgan fingerprint density at radius 2 is 2.25 bits per heavy atom. The monoisotopic (exact) mass is 235 g/mol. The first-order valence-electron chi connectivity index (χ1n) is 5.01. The van der Waals surface area contributed by atoms with Crippen molar-refractivity contribution in [1.82, 2.24) is 0 Å². The number of hydrogen-bond acceptors (Lipinski definition) is 4. The Bertz CT molecular complexity index is 506. The van der Waals surface area contributed by atoms with E-state index >= 15 is 0 Å². The van der Waals surface area contributed by atoms with E-state index in [1.54, 1.807) is 11.3 Å². The lowest BCUT2D eigenvalue weighted by Gasteiger charge is -2.07. The molecule has 0 aliphatic rings. The van der Waals surface area contributed by atoms with E-state index in [2.05, 4.69) is 10.8 Å². The summed E-state index contributed by atoms with van der Waals surface area (Å²) in [6.07, 6.45) is 0.524. The summed E-state index contributed by atoms with van der Waals surface area (Å²) in [5.74, 6) is -0.365. The average Bonchev–Trinajstić information content (AvgIpc) is 2.72. The molecular formula is C12H13NO2S. The van der Waals surface area contributed by atoms with Crippen LogP contribution in [0.15, 0.2) is 29.6 Å². The summed E-state index contributed by atoms with van der Waals surface area (Å²) in [4.78, 5) is 11.2. The van der Waals surface area contributed by atoms with Gasteiger partial charge in [-0.3, -0.25) is 4.79 Å². The zero-order valence-corrected chi connectivity index (χ0v) is 9.79. The summed E-state index contributed by atoms with van der Waals surface area (Å²) in [5.41, 5.74) is 6.85. The molecule has 84 valence electrons. The van der Waals surface area contributed by atoms with Gasteiger partial charge in [0.1, 0.15) is 6.04 Å². The maximum atomic E-state index is 11.2. The van der Waals surface area contributed by atoms with E-state index in [1.807, 2.05) is 23.6 Å². The number of rotatable bonds is 3. The van der Waals surface area contributed by atoms with Gasteiger partial charge in [0.05, 0.1) is 7.11 Å². The minimum absolute atomic E-state index is 0.365. The summed E-state index contributed by atoms with van der Waals surface area (Å²) >= 11 is 1.67. The van der Waals surface area contributed by atoms with Crippen LogP contribution < -0.4 is 5.73 Å². The van der Waals surface area contributed by atoms with Crippen LogP contribution in [0.3, 0.4) is 0 Å². The fraction of sp³-hybridized carbons (Fsp3) is 0.250. The molecule has 0 aliphatic carbocycles. The fourth-order valence-corrected chi connectivity index (χ4v) is 2.64. The summed E-state index contributed by atoms with van der Waals surface area (Å²) in [6.45, 7) is 0. The number of hydrogen-bond donors (Lipinski definition) is 1. The van der Waals surface area contributed by atoms with Gasteiger partial charge in [0.25, 0.3) is 0 Å². The van der Waals surface area contributed by atoms with Crippen LogP contribution in [0.2, 0.25) is 0 Å². The molecule has 0 unspecified atom stereocenters. The van der Waals surface area contributed by atoms with Crippen LogP contribution in [0.4, 0.5) is 0 Å². The molecule has 0 spiro atoms. The standard InChI is InChI=1S/C12H13NO2S/c1-15-12(14)10(13)6-8-7-16-11-5-3-2-4-9(8)11/h2-5,7,10H,6,13H2,1H3/t10-/m1/s1. The van der Waals surface area contributed by atoms with Crippen LogP contribution in [-0.2, 0) is 16.0 Å². The molecule has 1 aromatic heterocycles. The number of esters is 1. The van der Waals surface area contributed by atoms with E-state index in [9.17, 15) is 4.79 Å². The Kier molecular flexibility index (Phi) is 3.22. The highest BCUT2D eigenvalue weighted by Crippen LogP contribution is 2.26. The molecule has 0 amide bonds. The van der Waals surface area contributed by atoms with Crippen LogP contribution in [0.5, 0.6) is 0 Å². The molecule has 2 N–H and O–H groups in total. The Balaban J connectivity index is 2.24. The zero-order valence-electron chi connectivity index (χ0n) is 8.97. The molecule has 1 atom stereocenters. The van der Waals surface area contributed by atoms with Gasteiger partial charge in [-0.15, -0.1) is 11.3 Å². The summed E-state index contributed by atoms with van der Waals surface area (Å²) in [6, 6.07) is 7.52. The first-order chi connectivity index (χ1) is 7.72. The molecule has 3 nitrogen and oxygen atoms in total. The third-order valence-corrected chi connectivity index (χ3v) is 3.52. The smallest absolute Gasteiger partial charge is 0.322 e. The normalized spacial score (nSPS) is 12.6. The zero-order chi connectivity index (χ0) is 11.5. The Morgan fingerprint density at radius 1 is 1.50 bits per heavy atom. The molecule has 0 saturated heterocycles. The van der Waals surface area contributed by atoms with Crippen molar-refractivity contribution in [3.05, 3.63) is 35.2 Å². The minimum Gasteiger partial charge on any atom is -0.468 e. The van der Waals surface area contributed by atoms with Gasteiger partial charge in [-0.05, 0) is 28.8 Å². The molecule has 0 aliphatic heterocycles. The van der Waals surface area contributed by atoms with E-state index < -0.39 is 6.04 Å². The third-order valence-electron chi connectivity index (χ3n) is 2.50. The molecule has 4 heteroatoms. The largest absolute Gasteiger partial charge is 0.468 e. The van der Waals surface area contributed by atoms with Gasteiger partial charge in [-0.25, -0.2) is 0 Å². The molecule has 0 bridgehead atoms. The van der Waals surface area contributed by atoms with E-state index in [0.717, 1.165) is 5.56 Å². The van der Waals surface area contributed by atoms with Crippen LogP contribution in [0.25, 0.3) is 10.1 Å². The van der Waals surface area contributed by atoms with E-state index in [-0.39, 0.29) is 5.97 Å². The maximum Gasteiger partial charge on any atom is 0.322 e. The van der Waals surface area contributed by atoms with Crippen molar-refractivity contribution in [1.29, 1.82) is 0 Å². The van der Waals surface area contributed by atoms with Crippen molar-refractivity contribution in [3.63, 3.8) is 0 Å². The predicted octanol–water partition coefficient (Wildman–Crippen LogP) is 1.94. The molecule has 0 radical (unpaired) electrons. The highest BCUT2D eigenvalue weighted by Gasteiger charge is 2.16. The Labute approximate surface area is 97.8 Å². The predicted molar refractivity (Wildman–Crippen MR) is 65.5 cm³/mol. The molecule has 1 heterocycles. The van der Waals surface area contributed by atoms with Crippen LogP contribution >= 0.6 is 11.3 Å². The van der Waals surface area contributed by atoms with E-state index in [0.29, 0.717) is 6.42 Å². The molecule has 16 heavy (non-hydrogen) atoms. The number of methoxy groups -OCH3 is 1. The van der Waals surface area contributed by atoms with Crippen molar-refractivity contribution < 1.29 is 9.53 Å². The number of nitrogens with two attached hydrogens (primary N) is 1. The van der Waals surface area contributed by atoms with Crippen molar-refractivity contribution in [2.45, 2.75) is 12.5 Å².